The molecule has 1 saturated carbocycles. The highest BCUT2D eigenvalue weighted by molar-refractivity contribution is 5.91. The van der Waals surface area contributed by atoms with Crippen LogP contribution in [0.2, 0.25) is 0 Å². The van der Waals surface area contributed by atoms with Gasteiger partial charge in [0.25, 0.3) is 0 Å². The molecule has 0 bridgehead atoms. The third-order valence-corrected chi connectivity index (χ3v) is 5.34. The Hall–Kier alpha value is -2.88. The third kappa shape index (κ3) is 6.06. The van der Waals surface area contributed by atoms with E-state index in [0.717, 1.165) is 25.0 Å². The zero-order chi connectivity index (χ0) is 21.5. The first-order chi connectivity index (χ1) is 14.5. The molecule has 1 fully saturated rings. The Bertz CT molecular complexity index is 844. The predicted molar refractivity (Wildman–Crippen MR) is 108 cm³/mol. The number of carbonyl (C=O) groups is 2. The van der Waals surface area contributed by atoms with Crippen molar-refractivity contribution in [2.24, 2.45) is 5.92 Å². The molecule has 2 aromatic heterocycles. The molecule has 0 saturated heterocycles. The van der Waals surface area contributed by atoms with Crippen molar-refractivity contribution in [2.75, 3.05) is 18.5 Å². The third-order valence-electron chi connectivity index (χ3n) is 5.34. The van der Waals surface area contributed by atoms with Gasteiger partial charge in [-0.25, -0.2) is 9.78 Å². The molecular formula is C20H29N5O5. The lowest BCUT2D eigenvalue weighted by Gasteiger charge is -2.16. The maximum absolute atomic E-state index is 12.1. The molecule has 10 nitrogen and oxygen atoms in total. The fourth-order valence-corrected chi connectivity index (χ4v) is 3.53. The van der Waals surface area contributed by atoms with Crippen LogP contribution in [0, 0.1) is 12.8 Å². The van der Waals surface area contributed by atoms with E-state index in [1.807, 2.05) is 13.0 Å². The average Bonchev–Trinajstić information content (AvgIpc) is 3.44. The first-order valence-corrected chi connectivity index (χ1v) is 10.3. The second-order valence-corrected chi connectivity index (χ2v) is 7.65. The predicted octanol–water partition coefficient (Wildman–Crippen LogP) is 2.27. The topological polar surface area (TPSA) is 142 Å². The number of anilines is 1. The number of nitrogens with one attached hydrogen (secondary N) is 3. The standard InChI is InChI=1S/C20H29N5O5/c1-3-13(11-26)9-22-20(28)30-15-5-4-14(6-15)17-8-18(25-24-17)23-19(27)7-16-10-21-12(2)29-16/h8,10,13-15,26H,3-7,9,11H2,1-2H3,(H,22,28)(H2,23,24,25,27)/t13?,14-,15?/m0/s1. The summed E-state index contributed by atoms with van der Waals surface area (Å²) in [6, 6.07) is 1.81. The Morgan fingerprint density at radius 1 is 1.43 bits per heavy atom. The fourth-order valence-electron chi connectivity index (χ4n) is 3.53. The zero-order valence-corrected chi connectivity index (χ0v) is 17.3. The van der Waals surface area contributed by atoms with Crippen molar-refractivity contribution >= 4 is 17.8 Å². The Balaban J connectivity index is 1.43. The lowest BCUT2D eigenvalue weighted by atomic mass is 10.0. The van der Waals surface area contributed by atoms with Gasteiger partial charge in [-0.2, -0.15) is 5.10 Å². The number of ether oxygens (including phenoxy) is 1. The minimum Gasteiger partial charge on any atom is -0.446 e. The number of amides is 2. The number of hydrogen-bond donors (Lipinski definition) is 4. The van der Waals surface area contributed by atoms with Crippen LogP contribution >= 0.6 is 0 Å². The van der Waals surface area contributed by atoms with Crippen molar-refractivity contribution in [2.45, 2.75) is 58.0 Å². The number of aliphatic hydroxyl groups is 1. The van der Waals surface area contributed by atoms with Gasteiger partial charge < -0.3 is 24.9 Å². The van der Waals surface area contributed by atoms with E-state index in [2.05, 4.69) is 25.8 Å². The van der Waals surface area contributed by atoms with Crippen LogP contribution in [-0.4, -0.2) is 51.5 Å². The first-order valence-electron chi connectivity index (χ1n) is 10.3. The van der Waals surface area contributed by atoms with Crippen LogP contribution in [0.1, 0.15) is 55.9 Å². The van der Waals surface area contributed by atoms with E-state index < -0.39 is 6.09 Å². The second-order valence-electron chi connectivity index (χ2n) is 7.65. The zero-order valence-electron chi connectivity index (χ0n) is 17.3. The minimum absolute atomic E-state index is 0.0407. The van der Waals surface area contributed by atoms with E-state index >= 15 is 0 Å². The van der Waals surface area contributed by atoms with Crippen LogP contribution in [0.4, 0.5) is 10.6 Å². The van der Waals surface area contributed by atoms with E-state index in [9.17, 15) is 14.7 Å². The van der Waals surface area contributed by atoms with Gasteiger partial charge in [0.15, 0.2) is 11.7 Å². The van der Waals surface area contributed by atoms with Crippen LogP contribution < -0.4 is 10.6 Å². The monoisotopic (exact) mass is 419 g/mol. The molecule has 0 spiro atoms. The lowest BCUT2D eigenvalue weighted by molar-refractivity contribution is -0.115. The van der Waals surface area contributed by atoms with Crippen molar-refractivity contribution in [3.05, 3.63) is 29.6 Å². The number of alkyl carbamates (subject to hydrolysis) is 1. The number of H-pyrrole nitrogens is 1. The van der Waals surface area contributed by atoms with E-state index in [4.69, 9.17) is 9.15 Å². The summed E-state index contributed by atoms with van der Waals surface area (Å²) in [5.41, 5.74) is 0.902. The molecule has 2 unspecified atom stereocenters. The number of aliphatic hydroxyl groups excluding tert-OH is 1. The molecule has 10 heteroatoms. The van der Waals surface area contributed by atoms with Crippen molar-refractivity contribution in [3.8, 4) is 0 Å². The highest BCUT2D eigenvalue weighted by atomic mass is 16.6. The molecule has 3 rings (SSSR count). The van der Waals surface area contributed by atoms with E-state index in [-0.39, 0.29) is 36.9 Å². The van der Waals surface area contributed by atoms with Crippen LogP contribution in [-0.2, 0) is 16.0 Å². The van der Waals surface area contributed by atoms with Crippen LogP contribution in [0.15, 0.2) is 16.7 Å². The maximum atomic E-state index is 12.1. The number of carbonyl (C=O) groups excluding carboxylic acids is 2. The number of aromatic nitrogens is 3. The quantitative estimate of drug-likeness (QED) is 0.488. The molecule has 4 N–H and O–H groups in total. The Labute approximate surface area is 174 Å². The molecule has 3 atom stereocenters. The van der Waals surface area contributed by atoms with E-state index in [0.29, 0.717) is 30.4 Å². The molecule has 1 aliphatic rings. The molecule has 164 valence electrons. The summed E-state index contributed by atoms with van der Waals surface area (Å²) in [5.74, 6) is 1.45. The number of aryl methyl sites for hydroxylation is 1. The van der Waals surface area contributed by atoms with Crippen molar-refractivity contribution in [3.63, 3.8) is 0 Å². The van der Waals surface area contributed by atoms with Crippen LogP contribution in [0.25, 0.3) is 0 Å². The van der Waals surface area contributed by atoms with Crippen molar-refractivity contribution < 1.29 is 23.8 Å². The molecule has 0 aliphatic heterocycles. The highest BCUT2D eigenvalue weighted by Crippen LogP contribution is 2.35. The number of rotatable bonds is 9. The summed E-state index contributed by atoms with van der Waals surface area (Å²) < 4.78 is 10.8. The van der Waals surface area contributed by atoms with Gasteiger partial charge in [-0.3, -0.25) is 9.89 Å². The maximum Gasteiger partial charge on any atom is 0.407 e. The minimum atomic E-state index is -0.451. The van der Waals surface area contributed by atoms with E-state index in [1.54, 1.807) is 6.92 Å². The summed E-state index contributed by atoms with van der Waals surface area (Å²) >= 11 is 0. The molecular weight excluding hydrogens is 390 g/mol. The largest absolute Gasteiger partial charge is 0.446 e. The molecule has 0 aromatic carbocycles. The van der Waals surface area contributed by atoms with Crippen molar-refractivity contribution in [1.82, 2.24) is 20.5 Å². The molecule has 2 aromatic rings. The van der Waals surface area contributed by atoms with Crippen molar-refractivity contribution in [1.29, 1.82) is 0 Å². The molecule has 30 heavy (non-hydrogen) atoms. The summed E-state index contributed by atoms with van der Waals surface area (Å²) in [6.07, 6.45) is 4.11. The van der Waals surface area contributed by atoms with Gasteiger partial charge in [-0.05, 0) is 31.6 Å². The van der Waals surface area contributed by atoms with Gasteiger partial charge in [0, 0.05) is 37.8 Å². The van der Waals surface area contributed by atoms with Gasteiger partial charge in [0.1, 0.15) is 11.9 Å². The van der Waals surface area contributed by atoms with Gasteiger partial charge in [0.2, 0.25) is 5.91 Å². The van der Waals surface area contributed by atoms with E-state index in [1.165, 1.54) is 6.20 Å². The smallest absolute Gasteiger partial charge is 0.407 e. The second kappa shape index (κ2) is 10.2. The van der Waals surface area contributed by atoms with Gasteiger partial charge in [-0.1, -0.05) is 6.92 Å². The number of aromatic amines is 1. The lowest BCUT2D eigenvalue weighted by Crippen LogP contribution is -2.33. The summed E-state index contributed by atoms with van der Waals surface area (Å²) in [4.78, 5) is 28.0. The molecule has 2 heterocycles. The molecule has 1 aliphatic carbocycles. The summed E-state index contributed by atoms with van der Waals surface area (Å²) in [5, 5.41) is 21.8. The summed E-state index contributed by atoms with van der Waals surface area (Å²) in [6.45, 7) is 4.13. The van der Waals surface area contributed by atoms with Gasteiger partial charge in [-0.15, -0.1) is 0 Å². The number of nitrogens with zero attached hydrogens (tertiary/aromatic N) is 2. The number of oxazole rings is 1. The number of hydrogen-bond acceptors (Lipinski definition) is 7. The fraction of sp³-hybridized carbons (Fsp3) is 0.600. The van der Waals surface area contributed by atoms with Gasteiger partial charge >= 0.3 is 6.09 Å². The average molecular weight is 419 g/mol. The Kier molecular flexibility index (Phi) is 7.45. The highest BCUT2D eigenvalue weighted by Gasteiger charge is 2.30. The van der Waals surface area contributed by atoms with Gasteiger partial charge in [0.05, 0.1) is 12.6 Å². The Morgan fingerprint density at radius 3 is 2.97 bits per heavy atom. The normalized spacial score (nSPS) is 19.4. The molecule has 2 amide bonds. The van der Waals surface area contributed by atoms with Crippen LogP contribution in [0.5, 0.6) is 0 Å². The SMILES string of the molecule is CCC(CO)CNC(=O)OC1CC[C@H](c2cc(NC(=O)Cc3cnc(C)o3)n[nH]2)C1. The first kappa shape index (κ1) is 21.8. The Morgan fingerprint density at radius 2 is 2.27 bits per heavy atom. The van der Waals surface area contributed by atoms with Crippen LogP contribution in [0.3, 0.4) is 0 Å². The summed E-state index contributed by atoms with van der Waals surface area (Å²) in [7, 11) is 0. The molecule has 0 radical (unpaired) electrons.